The topological polar surface area (TPSA) is 72.5 Å². The molecule has 12 heteroatoms. The molecule has 0 spiro atoms. The quantitative estimate of drug-likeness (QED) is 0.428. The van der Waals surface area contributed by atoms with Gasteiger partial charge in [-0.25, -0.2) is 17.6 Å². The number of hydrogen-bond acceptors (Lipinski definition) is 5. The van der Waals surface area contributed by atoms with E-state index in [1.54, 1.807) is 6.07 Å². The van der Waals surface area contributed by atoms with E-state index in [1.807, 2.05) is 0 Å². The number of hydrogen-bond donors (Lipinski definition) is 2. The van der Waals surface area contributed by atoms with Crippen molar-refractivity contribution in [2.24, 2.45) is 0 Å². The van der Waals surface area contributed by atoms with E-state index in [-0.39, 0.29) is 42.4 Å². The molecule has 0 bridgehead atoms. The zero-order chi connectivity index (χ0) is 23.5. The van der Waals surface area contributed by atoms with Gasteiger partial charge in [0.2, 0.25) is 0 Å². The Morgan fingerprint density at radius 1 is 1.06 bits per heavy atom. The summed E-state index contributed by atoms with van der Waals surface area (Å²) < 4.78 is 69.3. The van der Waals surface area contributed by atoms with Gasteiger partial charge >= 0.3 is 0 Å². The Balaban J connectivity index is 0.00000216. The van der Waals surface area contributed by atoms with Gasteiger partial charge in [0, 0.05) is 30.9 Å². The number of methoxy groups -OCH3 is 1. The van der Waals surface area contributed by atoms with E-state index in [4.69, 9.17) is 9.47 Å². The first kappa shape index (κ1) is 28.2. The first-order valence-corrected chi connectivity index (χ1v) is 10.0. The zero-order valence-corrected chi connectivity index (χ0v) is 19.9. The molecule has 2 N–H and O–H groups in total. The third kappa shape index (κ3) is 5.95. The third-order valence-electron chi connectivity index (χ3n) is 5.18. The van der Waals surface area contributed by atoms with Gasteiger partial charge in [-0.3, -0.25) is 9.78 Å². The van der Waals surface area contributed by atoms with Crippen LogP contribution in [0, 0.1) is 23.3 Å². The average Bonchev–Trinajstić information content (AvgIpc) is 3.29. The maximum Gasteiger partial charge on any atom is 0.258 e. The number of amides is 1. The van der Waals surface area contributed by atoms with Gasteiger partial charge in [0.05, 0.1) is 30.0 Å². The number of rotatable bonds is 6. The predicted molar refractivity (Wildman–Crippen MR) is 127 cm³/mol. The summed E-state index contributed by atoms with van der Waals surface area (Å²) in [6, 6.07) is 4.78. The van der Waals surface area contributed by atoms with E-state index < -0.39 is 45.9 Å². The molecule has 4 rings (SSSR count). The minimum atomic E-state index is -1.41. The van der Waals surface area contributed by atoms with E-state index in [1.165, 1.54) is 19.5 Å². The Morgan fingerprint density at radius 3 is 2.40 bits per heavy atom. The number of nitrogens with zero attached hydrogens (tertiary/aromatic N) is 1. The molecule has 1 aromatic heterocycles. The standard InChI is InChI=1S/C23H19F4N3O3.2ClH/c1-32-13-8-16(25)20(17(26)9-13)21-15(24)3-2-14(22(21)27)23(31)30-18-11-29-7-5-19(18)33-12-4-6-28-10-12;;/h2-3,5,7-9,11-12,28H,4,6,10H2,1H3,(H,30,31);2*1H/t12-;;/m1../s1. The van der Waals surface area contributed by atoms with Gasteiger partial charge in [-0.2, -0.15) is 0 Å². The van der Waals surface area contributed by atoms with Crippen LogP contribution >= 0.6 is 24.8 Å². The number of carbonyl (C=O) groups is 1. The monoisotopic (exact) mass is 533 g/mol. The minimum absolute atomic E-state index is 0. The first-order chi connectivity index (χ1) is 15.9. The van der Waals surface area contributed by atoms with Crippen molar-refractivity contribution >= 4 is 36.4 Å². The molecule has 2 heterocycles. The lowest BCUT2D eigenvalue weighted by Gasteiger charge is -2.17. The van der Waals surface area contributed by atoms with Gasteiger partial charge in [0.1, 0.15) is 46.6 Å². The van der Waals surface area contributed by atoms with E-state index in [0.717, 1.165) is 37.2 Å². The molecule has 1 atom stereocenters. The van der Waals surface area contributed by atoms with E-state index in [9.17, 15) is 18.0 Å². The maximum absolute atomic E-state index is 15.2. The summed E-state index contributed by atoms with van der Waals surface area (Å²) in [5.74, 6) is -5.93. The summed E-state index contributed by atoms with van der Waals surface area (Å²) in [4.78, 5) is 16.7. The molecule has 35 heavy (non-hydrogen) atoms. The lowest BCUT2D eigenvalue weighted by molar-refractivity contribution is 0.102. The van der Waals surface area contributed by atoms with E-state index in [0.29, 0.717) is 12.3 Å². The Kier molecular flexibility index (Phi) is 9.70. The fourth-order valence-corrected chi connectivity index (χ4v) is 3.54. The van der Waals surface area contributed by atoms with Crippen LogP contribution in [0.5, 0.6) is 11.5 Å². The lowest BCUT2D eigenvalue weighted by atomic mass is 9.99. The van der Waals surface area contributed by atoms with Crippen molar-refractivity contribution in [1.29, 1.82) is 0 Å². The Bertz CT molecular complexity index is 1190. The van der Waals surface area contributed by atoms with Crippen LogP contribution in [0.2, 0.25) is 0 Å². The van der Waals surface area contributed by atoms with E-state index in [2.05, 4.69) is 15.6 Å². The number of benzene rings is 2. The molecule has 0 unspecified atom stereocenters. The molecule has 2 aromatic carbocycles. The van der Waals surface area contributed by atoms with Crippen molar-refractivity contribution < 1.29 is 31.8 Å². The second-order valence-corrected chi connectivity index (χ2v) is 7.31. The third-order valence-corrected chi connectivity index (χ3v) is 5.18. The van der Waals surface area contributed by atoms with Crippen molar-refractivity contribution in [2.45, 2.75) is 12.5 Å². The molecular weight excluding hydrogens is 513 g/mol. The van der Waals surface area contributed by atoms with Crippen LogP contribution < -0.4 is 20.1 Å². The average molecular weight is 534 g/mol. The molecule has 3 aromatic rings. The fourth-order valence-electron chi connectivity index (χ4n) is 3.54. The molecule has 1 aliphatic rings. The number of aromatic nitrogens is 1. The predicted octanol–water partition coefficient (Wildman–Crippen LogP) is 5.15. The normalized spacial score (nSPS) is 14.5. The maximum atomic E-state index is 15.2. The van der Waals surface area contributed by atoms with Crippen LogP contribution in [0.15, 0.2) is 42.7 Å². The SMILES string of the molecule is COc1cc(F)c(-c2c(F)ccc(C(=O)Nc3cnccc3O[C@@H]3CCNC3)c2F)c(F)c1.Cl.Cl. The second kappa shape index (κ2) is 12.1. The van der Waals surface area contributed by atoms with Crippen LogP contribution in [0.25, 0.3) is 11.1 Å². The highest BCUT2D eigenvalue weighted by molar-refractivity contribution is 6.06. The van der Waals surface area contributed by atoms with Crippen LogP contribution in [0.3, 0.4) is 0 Å². The minimum Gasteiger partial charge on any atom is -0.497 e. The van der Waals surface area contributed by atoms with Crippen molar-refractivity contribution in [3.63, 3.8) is 0 Å². The van der Waals surface area contributed by atoms with Crippen molar-refractivity contribution in [3.8, 4) is 22.6 Å². The molecule has 1 saturated heterocycles. The molecule has 6 nitrogen and oxygen atoms in total. The molecule has 1 amide bonds. The molecule has 1 fully saturated rings. The summed E-state index contributed by atoms with van der Waals surface area (Å²) in [5.41, 5.74) is -2.39. The smallest absolute Gasteiger partial charge is 0.258 e. The fraction of sp³-hybridized carbons (Fsp3) is 0.217. The molecule has 0 radical (unpaired) electrons. The van der Waals surface area contributed by atoms with Crippen molar-refractivity contribution in [3.05, 3.63) is 71.6 Å². The summed E-state index contributed by atoms with van der Waals surface area (Å²) in [6.07, 6.45) is 3.45. The highest BCUT2D eigenvalue weighted by atomic mass is 35.5. The summed E-state index contributed by atoms with van der Waals surface area (Å²) in [6.45, 7) is 1.42. The number of carbonyl (C=O) groups excluding carboxylic acids is 1. The Labute approximate surface area is 210 Å². The van der Waals surface area contributed by atoms with Gasteiger partial charge in [0.25, 0.3) is 5.91 Å². The summed E-state index contributed by atoms with van der Waals surface area (Å²) in [7, 11) is 1.19. The van der Waals surface area contributed by atoms with Crippen LogP contribution in [-0.4, -0.2) is 37.2 Å². The summed E-state index contributed by atoms with van der Waals surface area (Å²) in [5, 5.41) is 5.62. The molecular formula is C23H21Cl2F4N3O3. The van der Waals surface area contributed by atoms with Gasteiger partial charge in [-0.15, -0.1) is 24.8 Å². The molecule has 1 aliphatic heterocycles. The number of anilines is 1. The largest absolute Gasteiger partial charge is 0.497 e. The number of pyridine rings is 1. The van der Waals surface area contributed by atoms with Crippen LogP contribution in [-0.2, 0) is 0 Å². The van der Waals surface area contributed by atoms with Crippen molar-refractivity contribution in [2.75, 3.05) is 25.5 Å². The highest BCUT2D eigenvalue weighted by Crippen LogP contribution is 2.35. The second-order valence-electron chi connectivity index (χ2n) is 7.31. The van der Waals surface area contributed by atoms with Gasteiger partial charge in [0.15, 0.2) is 0 Å². The summed E-state index contributed by atoms with van der Waals surface area (Å²) >= 11 is 0. The van der Waals surface area contributed by atoms with Gasteiger partial charge in [-0.05, 0) is 25.1 Å². The highest BCUT2D eigenvalue weighted by Gasteiger charge is 2.26. The van der Waals surface area contributed by atoms with Crippen LogP contribution in [0.1, 0.15) is 16.8 Å². The number of halogens is 6. The van der Waals surface area contributed by atoms with Crippen LogP contribution in [0.4, 0.5) is 23.2 Å². The number of nitrogens with one attached hydrogen (secondary N) is 2. The molecule has 0 aliphatic carbocycles. The zero-order valence-electron chi connectivity index (χ0n) is 18.2. The van der Waals surface area contributed by atoms with Crippen molar-refractivity contribution in [1.82, 2.24) is 10.3 Å². The first-order valence-electron chi connectivity index (χ1n) is 10.0. The Hall–Kier alpha value is -3.08. The van der Waals surface area contributed by atoms with Gasteiger partial charge < -0.3 is 20.1 Å². The van der Waals surface area contributed by atoms with Gasteiger partial charge in [-0.1, -0.05) is 0 Å². The van der Waals surface area contributed by atoms with E-state index >= 15 is 4.39 Å². The lowest BCUT2D eigenvalue weighted by Crippen LogP contribution is -2.21. The molecule has 188 valence electrons. The molecule has 0 saturated carbocycles. The Morgan fingerprint density at radius 2 is 1.77 bits per heavy atom. The number of ether oxygens (including phenoxy) is 2.